The van der Waals surface area contributed by atoms with Gasteiger partial charge in [-0.25, -0.2) is 24.7 Å². The second-order valence-corrected chi connectivity index (χ2v) is 8.26. The minimum atomic E-state index is -0.444. The lowest BCUT2D eigenvalue weighted by Crippen LogP contribution is -2.39. The summed E-state index contributed by atoms with van der Waals surface area (Å²) < 4.78 is 4.24. The summed E-state index contributed by atoms with van der Waals surface area (Å²) >= 11 is 7.20. The quantitative estimate of drug-likeness (QED) is 0.412. The van der Waals surface area contributed by atoms with Gasteiger partial charge in [0.05, 0.1) is 12.9 Å². The molecule has 0 saturated heterocycles. The molecule has 31 heavy (non-hydrogen) atoms. The van der Waals surface area contributed by atoms with E-state index in [0.29, 0.717) is 37.5 Å². The van der Waals surface area contributed by atoms with Gasteiger partial charge in [0.1, 0.15) is 16.9 Å². The second-order valence-electron chi connectivity index (χ2n) is 6.87. The van der Waals surface area contributed by atoms with E-state index in [2.05, 4.69) is 24.9 Å². The van der Waals surface area contributed by atoms with Gasteiger partial charge in [-0.2, -0.15) is 0 Å². The van der Waals surface area contributed by atoms with Gasteiger partial charge in [0.2, 0.25) is 0 Å². The lowest BCUT2D eigenvalue weighted by molar-refractivity contribution is 0.655. The molecule has 5 aromatic rings. The Morgan fingerprint density at radius 3 is 2.61 bits per heavy atom. The maximum Gasteiger partial charge on any atom is 0.332 e. The molecule has 10 nitrogen and oxygen atoms in total. The number of benzene rings is 1. The number of hydrogen-bond acceptors (Lipinski definition) is 7. The fraction of sp³-hybridized carbons (Fsp3) is 0.158. The molecule has 0 aliphatic rings. The molecule has 4 aromatic heterocycles. The van der Waals surface area contributed by atoms with Crippen LogP contribution in [0.25, 0.3) is 22.3 Å². The number of H-pyrrole nitrogens is 1. The molecule has 0 aliphatic heterocycles. The zero-order chi connectivity index (χ0) is 21.7. The summed E-state index contributed by atoms with van der Waals surface area (Å²) in [6.07, 6.45) is 2.96. The molecule has 0 unspecified atom stereocenters. The number of halogens is 1. The Kier molecular flexibility index (Phi) is 4.63. The predicted molar refractivity (Wildman–Crippen MR) is 117 cm³/mol. The van der Waals surface area contributed by atoms with Crippen molar-refractivity contribution in [1.82, 2.24) is 38.6 Å². The molecule has 12 heteroatoms. The second kappa shape index (κ2) is 7.36. The number of rotatable bonds is 4. The van der Waals surface area contributed by atoms with E-state index < -0.39 is 11.2 Å². The zero-order valence-electron chi connectivity index (χ0n) is 16.4. The van der Waals surface area contributed by atoms with Crippen molar-refractivity contribution in [2.45, 2.75) is 16.7 Å². The first-order valence-corrected chi connectivity index (χ1v) is 10.4. The van der Waals surface area contributed by atoms with E-state index in [1.807, 2.05) is 0 Å². The summed E-state index contributed by atoms with van der Waals surface area (Å²) in [5.74, 6) is 0. The Hall–Kier alpha value is -3.44. The third-order valence-corrected chi connectivity index (χ3v) is 6.25. The number of fused-ring (bicyclic) bond motifs is 2. The van der Waals surface area contributed by atoms with Crippen LogP contribution in [0.15, 0.2) is 56.7 Å². The van der Waals surface area contributed by atoms with Crippen LogP contribution in [0.2, 0.25) is 5.02 Å². The van der Waals surface area contributed by atoms with Crippen molar-refractivity contribution in [3.05, 3.63) is 68.3 Å². The average molecular weight is 455 g/mol. The van der Waals surface area contributed by atoms with Crippen LogP contribution < -0.4 is 11.2 Å². The largest absolute Gasteiger partial charge is 0.341 e. The number of aromatic nitrogens is 8. The molecule has 1 aromatic carbocycles. The van der Waals surface area contributed by atoms with E-state index in [4.69, 9.17) is 11.6 Å². The molecule has 0 amide bonds. The van der Waals surface area contributed by atoms with Crippen LogP contribution in [0.3, 0.4) is 0 Å². The third kappa shape index (κ3) is 3.22. The van der Waals surface area contributed by atoms with Gasteiger partial charge in [-0.05, 0) is 29.5 Å². The Balaban J connectivity index is 1.64. The number of aryl methyl sites for hydroxylation is 2. The van der Waals surface area contributed by atoms with E-state index in [-0.39, 0.29) is 6.54 Å². The normalized spacial score (nSPS) is 11.6. The number of imidazole rings is 2. The minimum Gasteiger partial charge on any atom is -0.341 e. The van der Waals surface area contributed by atoms with E-state index in [9.17, 15) is 9.59 Å². The van der Waals surface area contributed by atoms with Gasteiger partial charge in [-0.15, -0.1) is 0 Å². The Bertz CT molecular complexity index is 1560. The standard InChI is InChI=1S/C19H15ClN8O2S/c1-26-13-15(25-18(26)31-16-12-14(22-8-21-12)23-9-24-16)27(2)19(30)28(17(13)29)7-10-3-5-11(20)6-4-10/h3-6,8-9H,7H2,1-2H3,(H,21,22,23,24). The molecule has 0 spiro atoms. The molecule has 0 aliphatic carbocycles. The SMILES string of the molecule is Cn1c(Sc2ncnc3nc[nH]c23)nc2c1c(=O)n(Cc1ccc(Cl)cc1)c(=O)n2C. The highest BCUT2D eigenvalue weighted by Crippen LogP contribution is 2.30. The maximum absolute atomic E-state index is 13.2. The average Bonchev–Trinajstić information content (AvgIpc) is 3.37. The molecule has 156 valence electrons. The van der Waals surface area contributed by atoms with Crippen LogP contribution in [0.4, 0.5) is 0 Å². The van der Waals surface area contributed by atoms with Gasteiger partial charge < -0.3 is 9.55 Å². The molecular weight excluding hydrogens is 440 g/mol. The summed E-state index contributed by atoms with van der Waals surface area (Å²) in [5, 5.41) is 1.72. The Morgan fingerprint density at radius 2 is 1.84 bits per heavy atom. The summed E-state index contributed by atoms with van der Waals surface area (Å²) in [6, 6.07) is 7.02. The zero-order valence-corrected chi connectivity index (χ0v) is 18.0. The Labute approximate surface area is 183 Å². The number of aromatic amines is 1. The molecule has 0 fully saturated rings. The first kappa shape index (κ1) is 19.5. The first-order valence-electron chi connectivity index (χ1n) is 9.16. The van der Waals surface area contributed by atoms with Crippen LogP contribution in [0, 0.1) is 0 Å². The van der Waals surface area contributed by atoms with Crippen LogP contribution in [0.1, 0.15) is 5.56 Å². The van der Waals surface area contributed by atoms with Crippen molar-refractivity contribution in [1.29, 1.82) is 0 Å². The van der Waals surface area contributed by atoms with Crippen molar-refractivity contribution >= 4 is 45.7 Å². The highest BCUT2D eigenvalue weighted by Gasteiger charge is 2.20. The molecule has 4 heterocycles. The molecule has 0 saturated carbocycles. The van der Waals surface area contributed by atoms with Crippen LogP contribution in [0.5, 0.6) is 0 Å². The number of nitrogens with zero attached hydrogens (tertiary/aromatic N) is 7. The number of nitrogens with one attached hydrogen (secondary N) is 1. The van der Waals surface area contributed by atoms with Crippen LogP contribution in [-0.4, -0.2) is 38.6 Å². The lowest BCUT2D eigenvalue weighted by Gasteiger charge is -2.09. The van der Waals surface area contributed by atoms with Gasteiger partial charge >= 0.3 is 5.69 Å². The van der Waals surface area contributed by atoms with E-state index in [0.717, 1.165) is 5.56 Å². The van der Waals surface area contributed by atoms with Crippen molar-refractivity contribution in [2.75, 3.05) is 0 Å². The van der Waals surface area contributed by atoms with Crippen LogP contribution in [-0.2, 0) is 20.6 Å². The highest BCUT2D eigenvalue weighted by atomic mass is 35.5. The first-order chi connectivity index (χ1) is 14.9. The summed E-state index contributed by atoms with van der Waals surface area (Å²) in [4.78, 5) is 46.2. The predicted octanol–water partition coefficient (Wildman–Crippen LogP) is 1.95. The van der Waals surface area contributed by atoms with Crippen molar-refractivity contribution < 1.29 is 0 Å². The highest BCUT2D eigenvalue weighted by molar-refractivity contribution is 7.99. The maximum atomic E-state index is 13.2. The molecule has 0 radical (unpaired) electrons. The van der Waals surface area contributed by atoms with Crippen molar-refractivity contribution in [3.8, 4) is 0 Å². The van der Waals surface area contributed by atoms with E-state index in [1.165, 1.54) is 33.6 Å². The third-order valence-electron chi connectivity index (χ3n) is 4.95. The van der Waals surface area contributed by atoms with Gasteiger partial charge in [-0.3, -0.25) is 13.9 Å². The topological polar surface area (TPSA) is 116 Å². The minimum absolute atomic E-state index is 0.132. The lowest BCUT2D eigenvalue weighted by atomic mass is 10.2. The smallest absolute Gasteiger partial charge is 0.332 e. The van der Waals surface area contributed by atoms with Gasteiger partial charge in [0.25, 0.3) is 5.56 Å². The van der Waals surface area contributed by atoms with Crippen LogP contribution >= 0.6 is 23.4 Å². The monoisotopic (exact) mass is 454 g/mol. The van der Waals surface area contributed by atoms with Gasteiger partial charge in [-0.1, -0.05) is 23.7 Å². The van der Waals surface area contributed by atoms with E-state index in [1.54, 1.807) is 42.9 Å². The van der Waals surface area contributed by atoms with Crippen molar-refractivity contribution in [2.24, 2.45) is 14.1 Å². The Morgan fingerprint density at radius 1 is 1.06 bits per heavy atom. The fourth-order valence-corrected chi connectivity index (χ4v) is 4.34. The molecule has 1 N–H and O–H groups in total. The summed E-state index contributed by atoms with van der Waals surface area (Å²) in [7, 11) is 3.34. The van der Waals surface area contributed by atoms with Crippen molar-refractivity contribution in [3.63, 3.8) is 0 Å². The molecule has 0 atom stereocenters. The molecule has 0 bridgehead atoms. The number of hydrogen-bond donors (Lipinski definition) is 1. The van der Waals surface area contributed by atoms with Gasteiger partial charge in [0, 0.05) is 19.1 Å². The summed E-state index contributed by atoms with van der Waals surface area (Å²) in [6.45, 7) is 0.132. The van der Waals surface area contributed by atoms with Gasteiger partial charge in [0.15, 0.2) is 22.0 Å². The summed E-state index contributed by atoms with van der Waals surface area (Å²) in [5.41, 5.74) is 1.78. The fourth-order valence-electron chi connectivity index (χ4n) is 3.33. The molecule has 5 rings (SSSR count). The van der Waals surface area contributed by atoms with E-state index >= 15 is 0 Å². The molecular formula is C19H15ClN8O2S.